The Hall–Kier alpha value is -1.74. The van der Waals surface area contributed by atoms with Crippen molar-refractivity contribution < 1.29 is 8.42 Å². The summed E-state index contributed by atoms with van der Waals surface area (Å²) in [5, 5.41) is 8.17. The fraction of sp³-hybridized carbons (Fsp3) is 0.615. The van der Waals surface area contributed by atoms with Crippen LogP contribution < -0.4 is 0 Å². The lowest BCUT2D eigenvalue weighted by molar-refractivity contribution is 0.448. The highest BCUT2D eigenvalue weighted by atomic mass is 32.2. The van der Waals surface area contributed by atoms with Gasteiger partial charge in [-0.25, -0.2) is 13.4 Å². The van der Waals surface area contributed by atoms with E-state index in [2.05, 4.69) is 15.2 Å². The van der Waals surface area contributed by atoms with Crippen LogP contribution in [0.1, 0.15) is 19.2 Å². The summed E-state index contributed by atoms with van der Waals surface area (Å²) in [6, 6.07) is 0. The third-order valence-corrected chi connectivity index (χ3v) is 5.79. The van der Waals surface area contributed by atoms with Crippen LogP contribution in [-0.4, -0.2) is 50.1 Å². The van der Waals surface area contributed by atoms with Crippen molar-refractivity contribution in [2.24, 2.45) is 13.0 Å². The first kappa shape index (κ1) is 15.2. The van der Waals surface area contributed by atoms with Crippen LogP contribution in [0.3, 0.4) is 0 Å². The zero-order valence-electron chi connectivity index (χ0n) is 12.8. The predicted octanol–water partition coefficient (Wildman–Crippen LogP) is 0.285. The van der Waals surface area contributed by atoms with Crippen LogP contribution in [0, 0.1) is 5.92 Å². The molecule has 22 heavy (non-hydrogen) atoms. The molecule has 8 nitrogen and oxygen atoms in total. The molecule has 9 heteroatoms. The van der Waals surface area contributed by atoms with Gasteiger partial charge in [0.25, 0.3) is 10.0 Å². The van der Waals surface area contributed by atoms with Gasteiger partial charge in [-0.3, -0.25) is 0 Å². The molecule has 0 aliphatic carbocycles. The Kier molecular flexibility index (Phi) is 4.00. The maximum absolute atomic E-state index is 12.5. The third kappa shape index (κ3) is 2.78. The van der Waals surface area contributed by atoms with Crippen LogP contribution >= 0.6 is 0 Å². The number of aromatic nitrogens is 5. The van der Waals surface area contributed by atoms with Crippen molar-refractivity contribution in [3.8, 4) is 0 Å². The van der Waals surface area contributed by atoms with Gasteiger partial charge in [-0.2, -0.15) is 4.31 Å². The summed E-state index contributed by atoms with van der Waals surface area (Å²) in [5.74, 6) is 1.19. The Morgan fingerprint density at radius 2 is 2.18 bits per heavy atom. The summed E-state index contributed by atoms with van der Waals surface area (Å²) >= 11 is 0. The number of hydrogen-bond acceptors (Lipinski definition) is 5. The first-order chi connectivity index (χ1) is 10.5. The Bertz CT molecular complexity index is 750. The summed E-state index contributed by atoms with van der Waals surface area (Å²) in [6.07, 6.45) is 6.35. The molecule has 2 aromatic rings. The van der Waals surface area contributed by atoms with Gasteiger partial charge in [-0.05, 0) is 19.3 Å². The van der Waals surface area contributed by atoms with E-state index in [9.17, 15) is 8.42 Å². The number of sulfonamides is 1. The molecular weight excluding hydrogens is 304 g/mol. The van der Waals surface area contributed by atoms with Gasteiger partial charge in [-0.1, -0.05) is 0 Å². The molecule has 0 saturated carbocycles. The standard InChI is InChI=1S/C13H20N6O2S/c1-3-18-10-15-16-12(18)6-11-4-5-19(7-11)22(20,21)13-8-17(2)9-14-13/h8-11H,3-7H2,1-2H3. The van der Waals surface area contributed by atoms with Crippen LogP contribution in [-0.2, 0) is 30.0 Å². The molecule has 1 aliphatic rings. The molecule has 0 radical (unpaired) electrons. The van der Waals surface area contributed by atoms with Gasteiger partial charge in [0.05, 0.1) is 6.33 Å². The van der Waals surface area contributed by atoms with Crippen LogP contribution in [0.5, 0.6) is 0 Å². The van der Waals surface area contributed by atoms with Crippen molar-refractivity contribution in [2.75, 3.05) is 13.1 Å². The summed E-state index contributed by atoms with van der Waals surface area (Å²) in [6.45, 7) is 3.91. The highest BCUT2D eigenvalue weighted by Crippen LogP contribution is 2.25. The van der Waals surface area contributed by atoms with Crippen molar-refractivity contribution in [1.29, 1.82) is 0 Å². The van der Waals surface area contributed by atoms with E-state index >= 15 is 0 Å². The van der Waals surface area contributed by atoms with E-state index < -0.39 is 10.0 Å². The second-order valence-electron chi connectivity index (χ2n) is 5.63. The maximum Gasteiger partial charge on any atom is 0.262 e. The first-order valence-corrected chi connectivity index (χ1v) is 8.79. The number of rotatable bonds is 5. The number of imidazole rings is 1. The molecule has 2 aromatic heterocycles. The number of aryl methyl sites for hydroxylation is 2. The van der Waals surface area contributed by atoms with Crippen LogP contribution in [0.2, 0.25) is 0 Å². The molecule has 0 amide bonds. The quantitative estimate of drug-likeness (QED) is 0.789. The Morgan fingerprint density at radius 1 is 1.36 bits per heavy atom. The van der Waals surface area contributed by atoms with E-state index in [0.29, 0.717) is 13.1 Å². The van der Waals surface area contributed by atoms with Gasteiger partial charge < -0.3 is 9.13 Å². The first-order valence-electron chi connectivity index (χ1n) is 7.35. The van der Waals surface area contributed by atoms with Gasteiger partial charge in [0.15, 0.2) is 5.03 Å². The van der Waals surface area contributed by atoms with Gasteiger partial charge in [0.2, 0.25) is 0 Å². The maximum atomic E-state index is 12.5. The molecular formula is C13H20N6O2S. The predicted molar refractivity (Wildman–Crippen MR) is 79.5 cm³/mol. The Morgan fingerprint density at radius 3 is 2.86 bits per heavy atom. The molecule has 1 aliphatic heterocycles. The monoisotopic (exact) mass is 324 g/mol. The molecule has 1 atom stereocenters. The zero-order chi connectivity index (χ0) is 15.7. The van der Waals surface area contributed by atoms with Crippen molar-refractivity contribution >= 4 is 10.0 Å². The Balaban J connectivity index is 1.70. The second-order valence-corrected chi connectivity index (χ2v) is 7.52. The minimum absolute atomic E-state index is 0.118. The summed E-state index contributed by atoms with van der Waals surface area (Å²) in [4.78, 5) is 3.97. The molecule has 0 N–H and O–H groups in total. The van der Waals surface area contributed by atoms with Crippen LogP contribution in [0.25, 0.3) is 0 Å². The minimum Gasteiger partial charge on any atom is -0.339 e. The molecule has 0 spiro atoms. The van der Waals surface area contributed by atoms with E-state index in [1.165, 1.54) is 16.8 Å². The lowest BCUT2D eigenvalue weighted by Crippen LogP contribution is -2.29. The van der Waals surface area contributed by atoms with Gasteiger partial charge in [0, 0.05) is 39.3 Å². The Labute approximate surface area is 129 Å². The topological polar surface area (TPSA) is 85.9 Å². The molecule has 0 aromatic carbocycles. The van der Waals surface area contributed by atoms with E-state index in [4.69, 9.17) is 0 Å². The minimum atomic E-state index is -3.49. The molecule has 0 bridgehead atoms. The fourth-order valence-corrected chi connectivity index (χ4v) is 4.29. The lowest BCUT2D eigenvalue weighted by Gasteiger charge is -2.15. The van der Waals surface area contributed by atoms with E-state index in [-0.39, 0.29) is 10.9 Å². The lowest BCUT2D eigenvalue weighted by atomic mass is 10.0. The normalized spacial score (nSPS) is 19.8. The van der Waals surface area contributed by atoms with Crippen molar-refractivity contribution in [2.45, 2.75) is 31.3 Å². The molecule has 1 saturated heterocycles. The fourth-order valence-electron chi connectivity index (χ4n) is 2.80. The van der Waals surface area contributed by atoms with Gasteiger partial charge >= 0.3 is 0 Å². The molecule has 1 unspecified atom stereocenters. The SMILES string of the molecule is CCn1cnnc1CC1CCN(S(=O)(=O)c2cn(C)cn2)C1. The van der Waals surface area contributed by atoms with E-state index in [0.717, 1.165) is 25.2 Å². The van der Waals surface area contributed by atoms with Crippen LogP contribution in [0.15, 0.2) is 23.9 Å². The summed E-state index contributed by atoms with van der Waals surface area (Å²) < 4.78 is 30.2. The largest absolute Gasteiger partial charge is 0.339 e. The van der Waals surface area contributed by atoms with Crippen molar-refractivity contribution in [3.05, 3.63) is 24.7 Å². The average Bonchev–Trinajstić information content (AvgIpc) is 3.19. The summed E-state index contributed by atoms with van der Waals surface area (Å²) in [5.41, 5.74) is 0. The average molecular weight is 324 g/mol. The zero-order valence-corrected chi connectivity index (χ0v) is 13.6. The van der Waals surface area contributed by atoms with E-state index in [1.807, 2.05) is 11.5 Å². The van der Waals surface area contributed by atoms with Gasteiger partial charge in [0.1, 0.15) is 12.2 Å². The van der Waals surface area contributed by atoms with Crippen molar-refractivity contribution in [1.82, 2.24) is 28.6 Å². The highest BCUT2D eigenvalue weighted by molar-refractivity contribution is 7.89. The molecule has 1 fully saturated rings. The van der Waals surface area contributed by atoms with E-state index in [1.54, 1.807) is 17.9 Å². The number of hydrogen-bond donors (Lipinski definition) is 0. The van der Waals surface area contributed by atoms with Gasteiger partial charge in [-0.15, -0.1) is 10.2 Å². The third-order valence-electron chi connectivity index (χ3n) is 4.04. The molecule has 120 valence electrons. The van der Waals surface area contributed by atoms with Crippen molar-refractivity contribution in [3.63, 3.8) is 0 Å². The second kappa shape index (κ2) is 5.81. The molecule has 3 rings (SSSR count). The smallest absolute Gasteiger partial charge is 0.262 e. The molecule has 3 heterocycles. The van der Waals surface area contributed by atoms with Crippen LogP contribution in [0.4, 0.5) is 0 Å². The highest BCUT2D eigenvalue weighted by Gasteiger charge is 2.34. The summed E-state index contributed by atoms with van der Waals surface area (Å²) in [7, 11) is -1.73. The number of nitrogens with zero attached hydrogens (tertiary/aromatic N) is 6.